The molecule has 0 aromatic heterocycles. The predicted molar refractivity (Wildman–Crippen MR) is 87.8 cm³/mol. The van der Waals surface area contributed by atoms with Crippen molar-refractivity contribution in [3.8, 4) is 0 Å². The molecule has 1 fully saturated rings. The maximum absolute atomic E-state index is 11.9. The minimum absolute atomic E-state index is 0.246. The summed E-state index contributed by atoms with van der Waals surface area (Å²) in [6.07, 6.45) is -0.484. The zero-order valence-electron chi connectivity index (χ0n) is 13.8. The van der Waals surface area contributed by atoms with Gasteiger partial charge >= 0.3 is 6.09 Å². The minimum Gasteiger partial charge on any atom is -0.444 e. The Balaban J connectivity index is 1.98. The van der Waals surface area contributed by atoms with Crippen LogP contribution in [0.3, 0.4) is 0 Å². The van der Waals surface area contributed by atoms with Crippen molar-refractivity contribution in [2.75, 3.05) is 13.1 Å². The zero-order valence-corrected chi connectivity index (χ0v) is 13.8. The number of hydrogen-bond acceptors (Lipinski definition) is 4. The zero-order chi connectivity index (χ0) is 16.9. The molecule has 2 atom stereocenters. The van der Waals surface area contributed by atoms with Gasteiger partial charge in [0.1, 0.15) is 5.60 Å². The Bertz CT molecular complexity index is 578. The van der Waals surface area contributed by atoms with Gasteiger partial charge in [0.2, 0.25) is 0 Å². The van der Waals surface area contributed by atoms with Gasteiger partial charge < -0.3 is 10.1 Å². The van der Waals surface area contributed by atoms with Crippen LogP contribution < -0.4 is 5.32 Å². The van der Waals surface area contributed by atoms with Gasteiger partial charge in [-0.2, -0.15) is 0 Å². The fourth-order valence-corrected chi connectivity index (χ4v) is 2.62. The quantitative estimate of drug-likeness (QED) is 0.525. The van der Waals surface area contributed by atoms with Crippen LogP contribution in [0.25, 0.3) is 10.4 Å². The number of nitrogens with one attached hydrogen (secondary N) is 1. The number of nitrogens with zero attached hydrogens (tertiary/aromatic N) is 4. The van der Waals surface area contributed by atoms with Crippen LogP contribution in [-0.4, -0.2) is 41.8 Å². The fraction of sp³-hybridized carbons (Fsp3) is 0.562. The van der Waals surface area contributed by atoms with Gasteiger partial charge in [0, 0.05) is 24.5 Å². The fourth-order valence-electron chi connectivity index (χ4n) is 2.62. The van der Waals surface area contributed by atoms with Crippen molar-refractivity contribution in [2.45, 2.75) is 45.0 Å². The number of ether oxygens (including phenoxy) is 1. The van der Waals surface area contributed by atoms with Gasteiger partial charge in [-0.1, -0.05) is 35.4 Å². The van der Waals surface area contributed by atoms with Gasteiger partial charge in [-0.3, -0.25) is 4.90 Å². The second kappa shape index (κ2) is 7.35. The van der Waals surface area contributed by atoms with Gasteiger partial charge in [-0.25, -0.2) is 4.79 Å². The van der Waals surface area contributed by atoms with E-state index in [-0.39, 0.29) is 12.1 Å². The summed E-state index contributed by atoms with van der Waals surface area (Å²) in [5, 5.41) is 6.63. The largest absolute Gasteiger partial charge is 0.444 e. The van der Waals surface area contributed by atoms with Crippen molar-refractivity contribution >= 4 is 6.09 Å². The van der Waals surface area contributed by atoms with E-state index in [0.29, 0.717) is 13.1 Å². The highest BCUT2D eigenvalue weighted by Gasteiger charge is 2.34. The molecule has 0 unspecified atom stereocenters. The van der Waals surface area contributed by atoms with Gasteiger partial charge in [-0.05, 0) is 31.9 Å². The number of azide groups is 1. The molecule has 1 N–H and O–H groups in total. The molecule has 0 saturated carbocycles. The average Bonchev–Trinajstić information content (AvgIpc) is 2.80. The van der Waals surface area contributed by atoms with Crippen molar-refractivity contribution in [1.82, 2.24) is 10.2 Å². The predicted octanol–water partition coefficient (Wildman–Crippen LogP) is 3.07. The number of rotatable bonds is 4. The van der Waals surface area contributed by atoms with E-state index in [2.05, 4.69) is 32.4 Å². The molecule has 1 aliphatic heterocycles. The second-order valence-corrected chi connectivity index (χ2v) is 6.70. The first-order chi connectivity index (χ1) is 10.9. The Hall–Kier alpha value is -2.24. The van der Waals surface area contributed by atoms with E-state index in [1.807, 2.05) is 39.0 Å². The molecule has 7 heteroatoms. The standard InChI is InChI=1S/C16H23N5O2/c1-16(2,3)23-15(22)18-13-10-21(11-14(13)19-20-17)9-12-7-5-4-6-8-12/h4-8,13-14H,9-11H2,1-3H3,(H,18,22)/t13-,14-/m0/s1. The molecular weight excluding hydrogens is 294 g/mol. The second-order valence-electron chi connectivity index (χ2n) is 6.70. The Morgan fingerprint density at radius 3 is 2.70 bits per heavy atom. The van der Waals surface area contributed by atoms with E-state index in [4.69, 9.17) is 10.3 Å². The topological polar surface area (TPSA) is 90.3 Å². The van der Waals surface area contributed by atoms with E-state index < -0.39 is 11.7 Å². The highest BCUT2D eigenvalue weighted by atomic mass is 16.6. The number of benzene rings is 1. The van der Waals surface area contributed by atoms with Crippen LogP contribution in [0.15, 0.2) is 35.4 Å². The number of amides is 1. The van der Waals surface area contributed by atoms with Crippen molar-refractivity contribution in [1.29, 1.82) is 0 Å². The van der Waals surface area contributed by atoms with Crippen molar-refractivity contribution in [3.63, 3.8) is 0 Å². The van der Waals surface area contributed by atoms with Crippen LogP contribution in [0.2, 0.25) is 0 Å². The van der Waals surface area contributed by atoms with Crippen molar-refractivity contribution in [3.05, 3.63) is 46.3 Å². The summed E-state index contributed by atoms with van der Waals surface area (Å²) < 4.78 is 5.28. The van der Waals surface area contributed by atoms with Gasteiger partial charge in [0.25, 0.3) is 0 Å². The van der Waals surface area contributed by atoms with Crippen LogP contribution in [0.1, 0.15) is 26.3 Å². The lowest BCUT2D eigenvalue weighted by molar-refractivity contribution is 0.0502. The summed E-state index contributed by atoms with van der Waals surface area (Å²) in [5.41, 5.74) is 9.37. The van der Waals surface area contributed by atoms with Crippen LogP contribution in [-0.2, 0) is 11.3 Å². The number of likely N-dealkylation sites (tertiary alicyclic amines) is 1. The van der Waals surface area contributed by atoms with E-state index in [1.54, 1.807) is 0 Å². The summed E-state index contributed by atoms with van der Waals surface area (Å²) in [5.74, 6) is 0. The highest BCUT2D eigenvalue weighted by Crippen LogP contribution is 2.18. The number of hydrogen-bond donors (Lipinski definition) is 1. The molecule has 7 nitrogen and oxygen atoms in total. The third-order valence-corrected chi connectivity index (χ3v) is 3.52. The van der Waals surface area contributed by atoms with E-state index in [0.717, 1.165) is 6.54 Å². The van der Waals surface area contributed by atoms with E-state index in [9.17, 15) is 4.79 Å². The first-order valence-corrected chi connectivity index (χ1v) is 7.67. The molecule has 1 saturated heterocycles. The van der Waals surface area contributed by atoms with Crippen molar-refractivity contribution < 1.29 is 9.53 Å². The SMILES string of the molecule is CC(C)(C)OC(=O)N[C@H]1CN(Cc2ccccc2)C[C@@H]1N=[N+]=[N-]. The number of carbonyl (C=O) groups excluding carboxylic acids is 1. The van der Waals surface area contributed by atoms with Crippen LogP contribution in [0.4, 0.5) is 4.79 Å². The summed E-state index contributed by atoms with van der Waals surface area (Å²) in [6.45, 7) is 7.43. The lowest BCUT2D eigenvalue weighted by Crippen LogP contribution is -2.44. The maximum atomic E-state index is 11.9. The lowest BCUT2D eigenvalue weighted by atomic mass is 10.2. The Morgan fingerprint density at radius 1 is 1.39 bits per heavy atom. The molecule has 1 amide bonds. The Kier molecular flexibility index (Phi) is 5.47. The van der Waals surface area contributed by atoms with Gasteiger partial charge in [0.05, 0.1) is 12.1 Å². The molecule has 1 heterocycles. The summed E-state index contributed by atoms with van der Waals surface area (Å²) >= 11 is 0. The third kappa shape index (κ3) is 5.47. The molecule has 23 heavy (non-hydrogen) atoms. The van der Waals surface area contributed by atoms with E-state index >= 15 is 0 Å². The summed E-state index contributed by atoms with van der Waals surface area (Å²) in [6, 6.07) is 9.53. The molecule has 1 aliphatic rings. The molecule has 1 aromatic rings. The smallest absolute Gasteiger partial charge is 0.407 e. The highest BCUT2D eigenvalue weighted by molar-refractivity contribution is 5.68. The molecule has 2 rings (SSSR count). The Morgan fingerprint density at radius 2 is 2.09 bits per heavy atom. The molecule has 0 spiro atoms. The van der Waals surface area contributed by atoms with Crippen LogP contribution in [0, 0.1) is 0 Å². The van der Waals surface area contributed by atoms with Gasteiger partial charge in [0.15, 0.2) is 0 Å². The molecule has 0 aliphatic carbocycles. The molecular formula is C16H23N5O2. The average molecular weight is 317 g/mol. The number of carbonyl (C=O) groups is 1. The lowest BCUT2D eigenvalue weighted by Gasteiger charge is -2.23. The summed E-state index contributed by atoms with van der Waals surface area (Å²) in [7, 11) is 0. The van der Waals surface area contributed by atoms with Crippen LogP contribution >= 0.6 is 0 Å². The normalized spacial score (nSPS) is 21.5. The first-order valence-electron chi connectivity index (χ1n) is 7.67. The minimum atomic E-state index is -0.555. The molecule has 1 aromatic carbocycles. The molecule has 124 valence electrons. The monoisotopic (exact) mass is 317 g/mol. The summed E-state index contributed by atoms with van der Waals surface area (Å²) in [4.78, 5) is 17.0. The van der Waals surface area contributed by atoms with E-state index in [1.165, 1.54) is 5.56 Å². The Labute approximate surface area is 136 Å². The first kappa shape index (κ1) is 17.1. The number of alkyl carbamates (subject to hydrolysis) is 1. The van der Waals surface area contributed by atoms with Crippen molar-refractivity contribution in [2.24, 2.45) is 5.11 Å². The van der Waals surface area contributed by atoms with Gasteiger partial charge in [-0.15, -0.1) is 0 Å². The molecule has 0 bridgehead atoms. The van der Waals surface area contributed by atoms with Crippen LogP contribution in [0.5, 0.6) is 0 Å². The third-order valence-electron chi connectivity index (χ3n) is 3.52. The maximum Gasteiger partial charge on any atom is 0.407 e. The molecule has 0 radical (unpaired) electrons.